The molecule has 0 saturated heterocycles. The van der Waals surface area contributed by atoms with Gasteiger partial charge in [0, 0.05) is 17.1 Å². The molecule has 1 N–H and O–H groups in total. The number of benzene rings is 2. The van der Waals surface area contributed by atoms with Crippen molar-refractivity contribution in [3.05, 3.63) is 70.2 Å². The van der Waals surface area contributed by atoms with Crippen LogP contribution in [-0.4, -0.2) is 6.54 Å². The first-order valence-electron chi connectivity index (χ1n) is 5.77. The molecule has 0 saturated carbocycles. The van der Waals surface area contributed by atoms with Gasteiger partial charge in [0.05, 0.1) is 5.69 Å². The van der Waals surface area contributed by atoms with Gasteiger partial charge in [-0.05, 0) is 27.6 Å². The average Bonchev–Trinajstić information content (AvgIpc) is 2.38. The van der Waals surface area contributed by atoms with Crippen LogP contribution in [-0.2, 0) is 0 Å². The summed E-state index contributed by atoms with van der Waals surface area (Å²) in [6.07, 6.45) is 3.81. The molecule has 0 bridgehead atoms. The summed E-state index contributed by atoms with van der Waals surface area (Å²) >= 11 is 3.13. The number of halogens is 3. The van der Waals surface area contributed by atoms with E-state index < -0.39 is 11.6 Å². The first-order valence-corrected chi connectivity index (χ1v) is 6.56. The first-order chi connectivity index (χ1) is 9.16. The van der Waals surface area contributed by atoms with Crippen LogP contribution in [0.4, 0.5) is 14.5 Å². The Morgan fingerprint density at radius 3 is 2.53 bits per heavy atom. The van der Waals surface area contributed by atoms with Gasteiger partial charge < -0.3 is 5.32 Å². The van der Waals surface area contributed by atoms with E-state index in [0.29, 0.717) is 11.0 Å². The summed E-state index contributed by atoms with van der Waals surface area (Å²) in [6, 6.07) is 11.9. The summed E-state index contributed by atoms with van der Waals surface area (Å²) in [5.41, 5.74) is 1.34. The standard InChI is InChI=1S/C15H12BrF2N/c16-13-9-12(17)10-14(18)15(13)19-8-4-7-11-5-2-1-3-6-11/h1-7,9-10,19H,8H2. The predicted molar refractivity (Wildman–Crippen MR) is 78.0 cm³/mol. The van der Waals surface area contributed by atoms with Gasteiger partial charge in [-0.1, -0.05) is 42.5 Å². The first kappa shape index (κ1) is 13.7. The lowest BCUT2D eigenvalue weighted by molar-refractivity contribution is 0.584. The summed E-state index contributed by atoms with van der Waals surface area (Å²) in [4.78, 5) is 0. The Balaban J connectivity index is 1.98. The van der Waals surface area contributed by atoms with E-state index in [1.165, 1.54) is 6.07 Å². The molecule has 2 aromatic carbocycles. The Bertz CT molecular complexity index is 559. The molecular formula is C15H12BrF2N. The maximum absolute atomic E-state index is 13.5. The van der Waals surface area contributed by atoms with Crippen LogP contribution in [0.5, 0.6) is 0 Å². The second-order valence-corrected chi connectivity index (χ2v) is 4.79. The van der Waals surface area contributed by atoms with Crippen LogP contribution >= 0.6 is 15.9 Å². The number of rotatable bonds is 4. The van der Waals surface area contributed by atoms with Crippen LogP contribution in [0.1, 0.15) is 5.56 Å². The fraction of sp³-hybridized carbons (Fsp3) is 0.0667. The molecule has 0 heterocycles. The lowest BCUT2D eigenvalue weighted by atomic mass is 10.2. The molecule has 0 aliphatic rings. The van der Waals surface area contributed by atoms with Crippen molar-refractivity contribution in [1.82, 2.24) is 0 Å². The van der Waals surface area contributed by atoms with Crippen LogP contribution in [0.3, 0.4) is 0 Å². The van der Waals surface area contributed by atoms with Crippen molar-refractivity contribution in [2.75, 3.05) is 11.9 Å². The van der Waals surface area contributed by atoms with Crippen molar-refractivity contribution in [2.45, 2.75) is 0 Å². The molecule has 98 valence electrons. The minimum absolute atomic E-state index is 0.263. The summed E-state index contributed by atoms with van der Waals surface area (Å²) in [6.45, 7) is 0.454. The molecule has 2 rings (SSSR count). The van der Waals surface area contributed by atoms with E-state index in [4.69, 9.17) is 0 Å². The Morgan fingerprint density at radius 2 is 1.84 bits per heavy atom. The van der Waals surface area contributed by atoms with Crippen LogP contribution in [0.15, 0.2) is 53.0 Å². The molecular weight excluding hydrogens is 312 g/mol. The largest absolute Gasteiger partial charge is 0.378 e. The fourth-order valence-corrected chi connectivity index (χ4v) is 2.18. The summed E-state index contributed by atoms with van der Waals surface area (Å²) in [5, 5.41) is 2.90. The number of nitrogens with one attached hydrogen (secondary N) is 1. The molecule has 0 amide bonds. The molecule has 19 heavy (non-hydrogen) atoms. The van der Waals surface area contributed by atoms with Gasteiger partial charge in [-0.25, -0.2) is 8.78 Å². The highest BCUT2D eigenvalue weighted by molar-refractivity contribution is 9.10. The molecule has 0 radical (unpaired) electrons. The summed E-state index contributed by atoms with van der Waals surface area (Å²) < 4.78 is 26.8. The average molecular weight is 324 g/mol. The van der Waals surface area contributed by atoms with E-state index >= 15 is 0 Å². The van der Waals surface area contributed by atoms with Gasteiger partial charge in [0.25, 0.3) is 0 Å². The second-order valence-electron chi connectivity index (χ2n) is 3.94. The minimum atomic E-state index is -0.611. The number of anilines is 1. The smallest absolute Gasteiger partial charge is 0.150 e. The zero-order chi connectivity index (χ0) is 13.7. The van der Waals surface area contributed by atoms with Gasteiger partial charge in [-0.2, -0.15) is 0 Å². The Kier molecular flexibility index (Phi) is 4.68. The molecule has 2 aromatic rings. The van der Waals surface area contributed by atoms with E-state index in [1.54, 1.807) is 0 Å². The monoisotopic (exact) mass is 323 g/mol. The van der Waals surface area contributed by atoms with Gasteiger partial charge in [0.2, 0.25) is 0 Å². The molecule has 0 fully saturated rings. The Labute approximate surface area is 119 Å². The van der Waals surface area contributed by atoms with Crippen molar-refractivity contribution in [3.63, 3.8) is 0 Å². The van der Waals surface area contributed by atoms with Gasteiger partial charge in [-0.15, -0.1) is 0 Å². The van der Waals surface area contributed by atoms with Crippen molar-refractivity contribution in [3.8, 4) is 0 Å². The molecule has 4 heteroatoms. The third-order valence-electron chi connectivity index (χ3n) is 2.51. The Morgan fingerprint density at radius 1 is 1.11 bits per heavy atom. The van der Waals surface area contributed by atoms with E-state index in [2.05, 4.69) is 21.2 Å². The van der Waals surface area contributed by atoms with E-state index in [1.807, 2.05) is 42.5 Å². The lowest BCUT2D eigenvalue weighted by Gasteiger charge is -2.07. The topological polar surface area (TPSA) is 12.0 Å². The zero-order valence-corrected chi connectivity index (χ0v) is 11.6. The summed E-state index contributed by atoms with van der Waals surface area (Å²) in [7, 11) is 0. The highest BCUT2D eigenvalue weighted by atomic mass is 79.9. The maximum atomic E-state index is 13.5. The molecule has 0 aromatic heterocycles. The van der Waals surface area contributed by atoms with Crippen molar-refractivity contribution in [2.24, 2.45) is 0 Å². The molecule has 0 aliphatic carbocycles. The normalized spacial score (nSPS) is 10.9. The third kappa shape index (κ3) is 3.89. The molecule has 0 unspecified atom stereocenters. The predicted octanol–water partition coefficient (Wildman–Crippen LogP) is 4.85. The van der Waals surface area contributed by atoms with Gasteiger partial charge in [0.15, 0.2) is 0 Å². The number of hydrogen-bond donors (Lipinski definition) is 1. The fourth-order valence-electron chi connectivity index (χ4n) is 1.63. The molecule has 0 aliphatic heterocycles. The maximum Gasteiger partial charge on any atom is 0.150 e. The van der Waals surface area contributed by atoms with Crippen molar-refractivity contribution < 1.29 is 8.78 Å². The quantitative estimate of drug-likeness (QED) is 0.847. The van der Waals surface area contributed by atoms with Gasteiger partial charge in [-0.3, -0.25) is 0 Å². The molecule has 0 atom stereocenters. The molecule has 0 spiro atoms. The highest BCUT2D eigenvalue weighted by Gasteiger charge is 2.07. The SMILES string of the molecule is Fc1cc(F)c(NCC=Cc2ccccc2)c(Br)c1. The molecule has 1 nitrogen and oxygen atoms in total. The van der Waals surface area contributed by atoms with Crippen LogP contribution in [0.25, 0.3) is 6.08 Å². The van der Waals surface area contributed by atoms with Gasteiger partial charge in [0.1, 0.15) is 11.6 Å². The third-order valence-corrected chi connectivity index (χ3v) is 3.14. The lowest BCUT2D eigenvalue weighted by Crippen LogP contribution is -2.02. The van der Waals surface area contributed by atoms with Crippen molar-refractivity contribution >= 4 is 27.7 Å². The van der Waals surface area contributed by atoms with Gasteiger partial charge >= 0.3 is 0 Å². The second kappa shape index (κ2) is 6.48. The van der Waals surface area contributed by atoms with Crippen LogP contribution < -0.4 is 5.32 Å². The van der Waals surface area contributed by atoms with Crippen LogP contribution in [0.2, 0.25) is 0 Å². The van der Waals surface area contributed by atoms with E-state index in [-0.39, 0.29) is 5.69 Å². The number of hydrogen-bond acceptors (Lipinski definition) is 1. The summed E-state index contributed by atoms with van der Waals surface area (Å²) in [5.74, 6) is -1.21. The van der Waals surface area contributed by atoms with Crippen LogP contribution in [0, 0.1) is 11.6 Å². The van der Waals surface area contributed by atoms with Crippen molar-refractivity contribution in [1.29, 1.82) is 0 Å². The zero-order valence-electron chi connectivity index (χ0n) is 10.0. The van der Waals surface area contributed by atoms with E-state index in [0.717, 1.165) is 11.6 Å². The van der Waals surface area contributed by atoms with E-state index in [9.17, 15) is 8.78 Å². The minimum Gasteiger partial charge on any atom is -0.378 e. The highest BCUT2D eigenvalue weighted by Crippen LogP contribution is 2.26. The Hall–Kier alpha value is -1.68.